The zero-order valence-electron chi connectivity index (χ0n) is 8.84. The molecule has 0 radical (unpaired) electrons. The summed E-state index contributed by atoms with van der Waals surface area (Å²) < 4.78 is 5.79. The molecular formula is C11H6BrClN2O3. The molecule has 18 heavy (non-hydrogen) atoms. The maximum Gasteiger partial charge on any atom is 0.287 e. The Hall–Kier alpha value is -1.66. The van der Waals surface area contributed by atoms with Gasteiger partial charge in [-0.1, -0.05) is 17.7 Å². The molecule has 0 aliphatic rings. The van der Waals surface area contributed by atoms with Crippen LogP contribution in [0.25, 0.3) is 0 Å². The molecule has 0 N–H and O–H groups in total. The third-order valence-electron chi connectivity index (χ3n) is 2.07. The van der Waals surface area contributed by atoms with Crippen LogP contribution in [0.5, 0.6) is 11.5 Å². The summed E-state index contributed by atoms with van der Waals surface area (Å²) >= 11 is 8.86. The van der Waals surface area contributed by atoms with Gasteiger partial charge in [-0.3, -0.25) is 10.1 Å². The molecule has 0 saturated heterocycles. The van der Waals surface area contributed by atoms with Gasteiger partial charge in [-0.15, -0.1) is 0 Å². The SMILES string of the molecule is O=[N+]([O-])c1cccc(Oc2ccnc(Cl)c2)c1Br. The zero-order chi connectivity index (χ0) is 13.1. The van der Waals surface area contributed by atoms with Crippen LogP contribution in [-0.4, -0.2) is 9.91 Å². The number of halogens is 2. The van der Waals surface area contributed by atoms with Crippen molar-refractivity contribution in [1.29, 1.82) is 0 Å². The van der Waals surface area contributed by atoms with Crippen LogP contribution in [0.2, 0.25) is 5.15 Å². The molecule has 5 nitrogen and oxygen atoms in total. The van der Waals surface area contributed by atoms with E-state index in [1.165, 1.54) is 18.3 Å². The van der Waals surface area contributed by atoms with Gasteiger partial charge in [0.1, 0.15) is 21.1 Å². The highest BCUT2D eigenvalue weighted by Gasteiger charge is 2.16. The van der Waals surface area contributed by atoms with Gasteiger partial charge in [-0.05, 0) is 28.1 Å². The summed E-state index contributed by atoms with van der Waals surface area (Å²) in [4.78, 5) is 14.1. The van der Waals surface area contributed by atoms with Crippen molar-refractivity contribution in [3.8, 4) is 11.5 Å². The Morgan fingerprint density at radius 3 is 2.83 bits per heavy atom. The van der Waals surface area contributed by atoms with Crippen LogP contribution >= 0.6 is 27.5 Å². The first-order valence-corrected chi connectivity index (χ1v) is 5.97. The molecule has 0 amide bonds. The van der Waals surface area contributed by atoms with Crippen molar-refractivity contribution in [2.45, 2.75) is 0 Å². The molecule has 1 aromatic carbocycles. The van der Waals surface area contributed by atoms with Gasteiger partial charge in [0.05, 0.1) is 4.92 Å². The molecule has 0 spiro atoms. The minimum atomic E-state index is -0.490. The standard InChI is InChI=1S/C11H6BrClN2O3/c12-11-8(15(16)17)2-1-3-9(11)18-7-4-5-14-10(13)6-7/h1-6H. The van der Waals surface area contributed by atoms with Gasteiger partial charge in [0.2, 0.25) is 0 Å². The predicted octanol–water partition coefficient (Wildman–Crippen LogP) is 4.20. The highest BCUT2D eigenvalue weighted by Crippen LogP contribution is 2.36. The molecule has 0 atom stereocenters. The first kappa shape index (κ1) is 12.8. The zero-order valence-corrected chi connectivity index (χ0v) is 11.2. The minimum Gasteiger partial charge on any atom is -0.456 e. The first-order valence-electron chi connectivity index (χ1n) is 4.80. The van der Waals surface area contributed by atoms with Gasteiger partial charge in [-0.25, -0.2) is 4.98 Å². The largest absolute Gasteiger partial charge is 0.456 e. The molecule has 0 fully saturated rings. The normalized spacial score (nSPS) is 10.1. The number of hydrogen-bond acceptors (Lipinski definition) is 4. The van der Waals surface area contributed by atoms with Crippen molar-refractivity contribution in [2.75, 3.05) is 0 Å². The van der Waals surface area contributed by atoms with Crippen molar-refractivity contribution < 1.29 is 9.66 Å². The lowest BCUT2D eigenvalue weighted by Crippen LogP contribution is -1.92. The van der Waals surface area contributed by atoms with E-state index >= 15 is 0 Å². The molecule has 1 aromatic heterocycles. The molecule has 0 bridgehead atoms. The Morgan fingerprint density at radius 2 is 2.17 bits per heavy atom. The topological polar surface area (TPSA) is 65.3 Å². The van der Waals surface area contributed by atoms with E-state index in [0.717, 1.165) is 0 Å². The summed E-state index contributed by atoms with van der Waals surface area (Å²) in [5.74, 6) is 0.794. The van der Waals surface area contributed by atoms with Crippen molar-refractivity contribution in [3.05, 3.63) is 56.3 Å². The number of ether oxygens (including phenoxy) is 1. The number of pyridine rings is 1. The summed E-state index contributed by atoms with van der Waals surface area (Å²) in [6.07, 6.45) is 1.49. The predicted molar refractivity (Wildman–Crippen MR) is 70.1 cm³/mol. The Labute approximate surface area is 116 Å². The highest BCUT2D eigenvalue weighted by atomic mass is 79.9. The van der Waals surface area contributed by atoms with E-state index < -0.39 is 4.92 Å². The lowest BCUT2D eigenvalue weighted by molar-refractivity contribution is -0.385. The summed E-state index contributed by atoms with van der Waals surface area (Å²) in [7, 11) is 0. The average Bonchev–Trinajstić information content (AvgIpc) is 2.31. The number of benzene rings is 1. The lowest BCUT2D eigenvalue weighted by Gasteiger charge is -2.07. The summed E-state index contributed by atoms with van der Waals surface area (Å²) in [5, 5.41) is 11.1. The number of rotatable bonds is 3. The van der Waals surface area contributed by atoms with Crippen LogP contribution in [0.4, 0.5) is 5.69 Å². The maximum absolute atomic E-state index is 10.8. The second kappa shape index (κ2) is 5.32. The second-order valence-electron chi connectivity index (χ2n) is 3.26. The summed E-state index contributed by atoms with van der Waals surface area (Å²) in [6.45, 7) is 0. The van der Waals surface area contributed by atoms with Crippen LogP contribution in [0, 0.1) is 10.1 Å². The Balaban J connectivity index is 2.35. The van der Waals surface area contributed by atoms with Gasteiger partial charge in [0.15, 0.2) is 0 Å². The number of nitrogens with zero attached hydrogens (tertiary/aromatic N) is 2. The Kier molecular flexibility index (Phi) is 3.78. The molecule has 92 valence electrons. The monoisotopic (exact) mass is 328 g/mol. The number of nitro groups is 1. The first-order chi connectivity index (χ1) is 8.58. The Bertz CT molecular complexity index is 607. The molecule has 0 saturated carbocycles. The summed E-state index contributed by atoms with van der Waals surface area (Å²) in [5.41, 5.74) is -0.0624. The quantitative estimate of drug-likeness (QED) is 0.481. The average molecular weight is 330 g/mol. The van der Waals surface area contributed by atoms with E-state index in [1.807, 2.05) is 0 Å². The maximum atomic E-state index is 10.8. The molecule has 7 heteroatoms. The Morgan fingerprint density at radius 1 is 1.39 bits per heavy atom. The van der Waals surface area contributed by atoms with E-state index in [2.05, 4.69) is 20.9 Å². The fourth-order valence-electron chi connectivity index (χ4n) is 1.29. The molecule has 1 heterocycles. The van der Waals surface area contributed by atoms with Crippen LogP contribution in [0.1, 0.15) is 0 Å². The van der Waals surface area contributed by atoms with Crippen LogP contribution < -0.4 is 4.74 Å². The van der Waals surface area contributed by atoms with Crippen molar-refractivity contribution in [3.63, 3.8) is 0 Å². The van der Waals surface area contributed by atoms with E-state index in [0.29, 0.717) is 11.5 Å². The van der Waals surface area contributed by atoms with Gasteiger partial charge >= 0.3 is 0 Å². The third kappa shape index (κ3) is 2.77. The lowest BCUT2D eigenvalue weighted by atomic mass is 10.3. The number of nitro benzene ring substituents is 1. The van der Waals surface area contributed by atoms with Gasteiger partial charge < -0.3 is 4.74 Å². The van der Waals surface area contributed by atoms with E-state index in [1.54, 1.807) is 18.2 Å². The molecule has 0 aliphatic heterocycles. The van der Waals surface area contributed by atoms with Crippen molar-refractivity contribution in [2.24, 2.45) is 0 Å². The van der Waals surface area contributed by atoms with E-state index in [4.69, 9.17) is 16.3 Å². The molecule has 2 aromatic rings. The highest BCUT2D eigenvalue weighted by molar-refractivity contribution is 9.10. The van der Waals surface area contributed by atoms with Crippen LogP contribution in [0.15, 0.2) is 41.0 Å². The molecule has 2 rings (SSSR count). The minimum absolute atomic E-state index is 0.0624. The fraction of sp³-hybridized carbons (Fsp3) is 0. The van der Waals surface area contributed by atoms with Crippen molar-refractivity contribution >= 4 is 33.2 Å². The summed E-state index contributed by atoms with van der Waals surface area (Å²) in [6, 6.07) is 7.67. The molecule has 0 aliphatic carbocycles. The number of aromatic nitrogens is 1. The van der Waals surface area contributed by atoms with Gasteiger partial charge in [0, 0.05) is 18.3 Å². The molecular weight excluding hydrogens is 323 g/mol. The van der Waals surface area contributed by atoms with E-state index in [-0.39, 0.29) is 15.3 Å². The number of hydrogen-bond donors (Lipinski definition) is 0. The van der Waals surface area contributed by atoms with Crippen LogP contribution in [-0.2, 0) is 0 Å². The fourth-order valence-corrected chi connectivity index (χ4v) is 1.95. The third-order valence-corrected chi connectivity index (χ3v) is 3.07. The van der Waals surface area contributed by atoms with Crippen LogP contribution in [0.3, 0.4) is 0 Å². The van der Waals surface area contributed by atoms with E-state index in [9.17, 15) is 10.1 Å². The van der Waals surface area contributed by atoms with Gasteiger partial charge in [0.25, 0.3) is 5.69 Å². The molecule has 0 unspecified atom stereocenters. The smallest absolute Gasteiger partial charge is 0.287 e. The second-order valence-corrected chi connectivity index (χ2v) is 4.44. The van der Waals surface area contributed by atoms with Gasteiger partial charge in [-0.2, -0.15) is 0 Å². The van der Waals surface area contributed by atoms with Crippen molar-refractivity contribution in [1.82, 2.24) is 4.98 Å².